The molecular formula is C18H20N8. The second kappa shape index (κ2) is 8.58. The van der Waals surface area contributed by atoms with Crippen molar-refractivity contribution in [1.29, 1.82) is 5.26 Å². The number of pyridine rings is 1. The van der Waals surface area contributed by atoms with Crippen LogP contribution in [-0.4, -0.2) is 33.5 Å². The molecule has 2 aromatic rings. The molecule has 0 aromatic carbocycles. The maximum atomic E-state index is 9.59. The molecule has 26 heavy (non-hydrogen) atoms. The molecule has 0 saturated heterocycles. The van der Waals surface area contributed by atoms with Crippen LogP contribution in [0.4, 0.5) is 11.9 Å². The lowest BCUT2D eigenvalue weighted by Crippen LogP contribution is -2.15. The number of hydrogen-bond acceptors (Lipinski definition) is 8. The van der Waals surface area contributed by atoms with Gasteiger partial charge in [0.15, 0.2) is 5.82 Å². The molecule has 132 valence electrons. The van der Waals surface area contributed by atoms with Crippen LogP contribution in [0.2, 0.25) is 0 Å². The van der Waals surface area contributed by atoms with Crippen molar-refractivity contribution in [2.24, 2.45) is 0 Å². The van der Waals surface area contributed by atoms with Gasteiger partial charge < -0.3 is 16.0 Å². The Morgan fingerprint density at radius 2 is 2.19 bits per heavy atom. The lowest BCUT2D eigenvalue weighted by molar-refractivity contribution is 0.839. The molecule has 8 nitrogen and oxygen atoms in total. The highest BCUT2D eigenvalue weighted by molar-refractivity contribution is 5.76. The van der Waals surface area contributed by atoms with Crippen LogP contribution in [0.5, 0.6) is 0 Å². The van der Waals surface area contributed by atoms with E-state index in [4.69, 9.17) is 0 Å². The minimum Gasteiger partial charge on any atom is -0.364 e. The quantitative estimate of drug-likeness (QED) is 0.681. The van der Waals surface area contributed by atoms with Crippen molar-refractivity contribution in [2.75, 3.05) is 24.2 Å². The first-order chi connectivity index (χ1) is 12.8. The number of nitriles is 1. The molecule has 0 fully saturated rings. The van der Waals surface area contributed by atoms with E-state index in [9.17, 15) is 5.26 Å². The monoisotopic (exact) mass is 348 g/mol. The van der Waals surface area contributed by atoms with Gasteiger partial charge in [-0.3, -0.25) is 4.98 Å². The van der Waals surface area contributed by atoms with E-state index in [2.05, 4.69) is 42.0 Å². The zero-order valence-electron chi connectivity index (χ0n) is 14.5. The predicted octanol–water partition coefficient (Wildman–Crippen LogP) is 2.09. The second-order valence-electron chi connectivity index (χ2n) is 5.65. The summed E-state index contributed by atoms with van der Waals surface area (Å²) >= 11 is 0. The number of allylic oxidation sites excluding steroid dienone is 3. The molecule has 0 atom stereocenters. The Kier molecular flexibility index (Phi) is 5.72. The van der Waals surface area contributed by atoms with Crippen molar-refractivity contribution in [1.82, 2.24) is 25.3 Å². The lowest BCUT2D eigenvalue weighted by Gasteiger charge is -2.14. The average molecular weight is 348 g/mol. The van der Waals surface area contributed by atoms with Crippen molar-refractivity contribution < 1.29 is 0 Å². The third-order valence-corrected chi connectivity index (χ3v) is 3.85. The molecule has 1 aliphatic rings. The summed E-state index contributed by atoms with van der Waals surface area (Å²) in [6.45, 7) is 0.651. The summed E-state index contributed by atoms with van der Waals surface area (Å²) in [5.74, 6) is 1.20. The van der Waals surface area contributed by atoms with Crippen molar-refractivity contribution >= 4 is 17.5 Å². The first kappa shape index (κ1) is 17.4. The molecule has 1 aliphatic heterocycles. The third-order valence-electron chi connectivity index (χ3n) is 3.85. The lowest BCUT2D eigenvalue weighted by atomic mass is 10.1. The van der Waals surface area contributed by atoms with E-state index in [0.29, 0.717) is 29.8 Å². The number of nitrogens with one attached hydrogen (secondary N) is 3. The summed E-state index contributed by atoms with van der Waals surface area (Å²) in [5, 5.41) is 18.8. The normalized spacial score (nSPS) is 14.9. The van der Waals surface area contributed by atoms with Gasteiger partial charge in [0.05, 0.1) is 0 Å². The van der Waals surface area contributed by atoms with Crippen LogP contribution in [0.3, 0.4) is 0 Å². The predicted molar refractivity (Wildman–Crippen MR) is 99.8 cm³/mol. The van der Waals surface area contributed by atoms with E-state index in [0.717, 1.165) is 30.5 Å². The van der Waals surface area contributed by atoms with Crippen LogP contribution in [0.1, 0.15) is 24.2 Å². The summed E-state index contributed by atoms with van der Waals surface area (Å²) in [5.41, 5.74) is 2.38. The van der Waals surface area contributed by atoms with Gasteiger partial charge in [-0.1, -0.05) is 12.1 Å². The largest absolute Gasteiger partial charge is 0.364 e. The van der Waals surface area contributed by atoms with Crippen LogP contribution >= 0.6 is 0 Å². The van der Waals surface area contributed by atoms with Gasteiger partial charge in [0.25, 0.3) is 0 Å². The maximum absolute atomic E-state index is 9.59. The average Bonchev–Trinajstić information content (AvgIpc) is 2.70. The zero-order valence-corrected chi connectivity index (χ0v) is 14.5. The van der Waals surface area contributed by atoms with Crippen LogP contribution in [0.15, 0.2) is 42.5 Å². The van der Waals surface area contributed by atoms with Gasteiger partial charge in [-0.15, -0.1) is 0 Å². The third kappa shape index (κ3) is 4.33. The summed E-state index contributed by atoms with van der Waals surface area (Å²) in [4.78, 5) is 17.2. The molecular weight excluding hydrogens is 328 g/mol. The minimum absolute atomic E-state index is 0.355. The van der Waals surface area contributed by atoms with Crippen LogP contribution < -0.4 is 16.0 Å². The fourth-order valence-corrected chi connectivity index (χ4v) is 2.54. The fourth-order valence-electron chi connectivity index (χ4n) is 2.54. The Morgan fingerprint density at radius 3 is 2.88 bits per heavy atom. The Balaban J connectivity index is 1.80. The van der Waals surface area contributed by atoms with Crippen molar-refractivity contribution in [3.8, 4) is 6.07 Å². The molecule has 3 heterocycles. The highest BCUT2D eigenvalue weighted by Crippen LogP contribution is 2.21. The molecule has 2 aromatic heterocycles. The van der Waals surface area contributed by atoms with Crippen molar-refractivity contribution in [3.63, 3.8) is 0 Å². The molecule has 8 heteroatoms. The highest BCUT2D eigenvalue weighted by atomic mass is 15.2. The van der Waals surface area contributed by atoms with Gasteiger partial charge in [0, 0.05) is 31.7 Å². The number of nitrogens with zero attached hydrogens (tertiary/aromatic N) is 5. The first-order valence-electron chi connectivity index (χ1n) is 8.42. The van der Waals surface area contributed by atoms with Crippen LogP contribution in [-0.2, 0) is 6.42 Å². The van der Waals surface area contributed by atoms with Gasteiger partial charge in [0.1, 0.15) is 11.6 Å². The summed E-state index contributed by atoms with van der Waals surface area (Å²) in [7, 11) is 1.74. The fraction of sp³-hybridized carbons (Fsp3) is 0.278. The number of aromatic nitrogens is 4. The Hall–Kier alpha value is -3.47. The van der Waals surface area contributed by atoms with Gasteiger partial charge >= 0.3 is 0 Å². The molecule has 0 aliphatic carbocycles. The van der Waals surface area contributed by atoms with Crippen molar-refractivity contribution in [3.05, 3.63) is 53.9 Å². The Morgan fingerprint density at radius 1 is 1.31 bits per heavy atom. The standard InChI is InChI=1S/C18H20N8/c1-20-17-24-16(14(11-19)15-6-2-3-9-22-15)25-18(26-17)23-10-7-13-5-4-8-21-12-13/h3-5,8-9,12,22H,2,6-7,10H2,1H3,(H2,20,23,24,25,26)/b15-14-. The molecule has 3 N–H and O–H groups in total. The molecule has 3 rings (SSSR count). The molecule has 0 saturated carbocycles. The summed E-state index contributed by atoms with van der Waals surface area (Å²) in [6.07, 6.45) is 9.87. The maximum Gasteiger partial charge on any atom is 0.228 e. The van der Waals surface area contributed by atoms with Gasteiger partial charge in [0.2, 0.25) is 11.9 Å². The Labute approximate surface area is 152 Å². The molecule has 0 unspecified atom stereocenters. The van der Waals surface area contributed by atoms with Gasteiger partial charge in [-0.25, -0.2) is 0 Å². The molecule has 0 radical (unpaired) electrons. The van der Waals surface area contributed by atoms with E-state index in [1.807, 2.05) is 30.6 Å². The molecule has 0 bridgehead atoms. The van der Waals surface area contributed by atoms with E-state index in [1.165, 1.54) is 0 Å². The van der Waals surface area contributed by atoms with Gasteiger partial charge in [-0.2, -0.15) is 20.2 Å². The van der Waals surface area contributed by atoms with Crippen molar-refractivity contribution in [2.45, 2.75) is 19.3 Å². The number of rotatable bonds is 6. The number of anilines is 2. The van der Waals surface area contributed by atoms with E-state index in [-0.39, 0.29) is 0 Å². The highest BCUT2D eigenvalue weighted by Gasteiger charge is 2.15. The van der Waals surface area contributed by atoms with Crippen LogP contribution in [0.25, 0.3) is 5.57 Å². The van der Waals surface area contributed by atoms with Gasteiger partial charge in [-0.05, 0) is 37.1 Å². The number of hydrogen-bond donors (Lipinski definition) is 3. The van der Waals surface area contributed by atoms with E-state index in [1.54, 1.807) is 13.2 Å². The van der Waals surface area contributed by atoms with E-state index < -0.39 is 0 Å². The zero-order chi connectivity index (χ0) is 18.2. The SMILES string of the molecule is CNc1nc(NCCc2cccnc2)nc(/C(C#N)=C2/CCC=CN2)n1. The molecule has 0 amide bonds. The minimum atomic E-state index is 0.355. The summed E-state index contributed by atoms with van der Waals surface area (Å²) < 4.78 is 0. The van der Waals surface area contributed by atoms with E-state index >= 15 is 0 Å². The summed E-state index contributed by atoms with van der Waals surface area (Å²) in [6, 6.07) is 6.15. The first-order valence-corrected chi connectivity index (χ1v) is 8.42. The van der Waals surface area contributed by atoms with Crippen LogP contribution in [0, 0.1) is 11.3 Å². The molecule has 0 spiro atoms. The smallest absolute Gasteiger partial charge is 0.228 e. The topological polar surface area (TPSA) is 111 Å². The second-order valence-corrected chi connectivity index (χ2v) is 5.65. The Bertz CT molecular complexity index is 851.